The van der Waals surface area contributed by atoms with Gasteiger partial charge in [-0.25, -0.2) is 0 Å². The molecule has 8 heteroatoms. The van der Waals surface area contributed by atoms with E-state index in [9.17, 15) is 0 Å². The van der Waals surface area contributed by atoms with Crippen LogP contribution in [0.1, 0.15) is 24.8 Å². The minimum absolute atomic E-state index is 0.412. The molecular weight excluding hydrogens is 404 g/mol. The van der Waals surface area contributed by atoms with E-state index in [0.29, 0.717) is 6.04 Å². The quantitative estimate of drug-likeness (QED) is 0.338. The maximum atomic E-state index is 5.41. The minimum Gasteiger partial charge on any atom is -0.497 e. The predicted octanol–water partition coefficient (Wildman–Crippen LogP) is 1.47. The number of aliphatic imine (C=N–C) groups is 1. The predicted molar refractivity (Wildman–Crippen MR) is 131 cm³/mol. The lowest BCUT2D eigenvalue weighted by atomic mass is 10.2. The van der Waals surface area contributed by atoms with Crippen molar-refractivity contribution in [3.63, 3.8) is 0 Å². The van der Waals surface area contributed by atoms with Gasteiger partial charge in [-0.05, 0) is 63.6 Å². The van der Waals surface area contributed by atoms with Crippen LogP contribution in [0.3, 0.4) is 0 Å². The molecule has 0 bridgehead atoms. The van der Waals surface area contributed by atoms with Crippen molar-refractivity contribution in [2.45, 2.75) is 31.8 Å². The highest BCUT2D eigenvalue weighted by molar-refractivity contribution is 5.80. The van der Waals surface area contributed by atoms with Gasteiger partial charge in [-0.2, -0.15) is 0 Å². The number of hydrogen-bond acceptors (Lipinski definition) is 6. The van der Waals surface area contributed by atoms with Crippen LogP contribution in [0.5, 0.6) is 11.5 Å². The number of guanidine groups is 1. The zero-order valence-corrected chi connectivity index (χ0v) is 20.4. The number of ether oxygens (including phenoxy) is 2. The van der Waals surface area contributed by atoms with Crippen LogP contribution in [0.4, 0.5) is 0 Å². The van der Waals surface area contributed by atoms with Crippen LogP contribution in [0.25, 0.3) is 0 Å². The van der Waals surface area contributed by atoms with Crippen molar-refractivity contribution < 1.29 is 9.47 Å². The lowest BCUT2D eigenvalue weighted by Crippen LogP contribution is -2.45. The van der Waals surface area contributed by atoms with Crippen LogP contribution in [-0.4, -0.2) is 107 Å². The molecule has 2 aliphatic heterocycles. The molecule has 1 aromatic rings. The van der Waals surface area contributed by atoms with Gasteiger partial charge in [-0.1, -0.05) is 0 Å². The number of methoxy groups -OCH3 is 2. The fourth-order valence-electron chi connectivity index (χ4n) is 4.53. The van der Waals surface area contributed by atoms with E-state index in [1.54, 1.807) is 14.2 Å². The van der Waals surface area contributed by atoms with Gasteiger partial charge in [-0.3, -0.25) is 9.89 Å². The molecule has 1 unspecified atom stereocenters. The number of rotatable bonds is 9. The van der Waals surface area contributed by atoms with E-state index < -0.39 is 0 Å². The first kappa shape index (κ1) is 24.6. The second-order valence-electron chi connectivity index (χ2n) is 8.94. The summed E-state index contributed by atoms with van der Waals surface area (Å²) < 4.78 is 10.8. The second kappa shape index (κ2) is 12.9. The molecule has 0 aromatic heterocycles. The molecule has 1 aromatic carbocycles. The highest BCUT2D eigenvalue weighted by Crippen LogP contribution is 2.24. The van der Waals surface area contributed by atoms with Gasteiger partial charge in [0.05, 0.1) is 14.2 Å². The zero-order valence-electron chi connectivity index (χ0n) is 20.4. The fraction of sp³-hybridized carbons (Fsp3) is 0.708. The number of hydrogen-bond donors (Lipinski definition) is 2. The molecule has 0 spiro atoms. The van der Waals surface area contributed by atoms with E-state index >= 15 is 0 Å². The van der Waals surface area contributed by atoms with Gasteiger partial charge in [0, 0.05) is 58.4 Å². The summed E-state index contributed by atoms with van der Waals surface area (Å²) in [4.78, 5) is 11.9. The van der Waals surface area contributed by atoms with Gasteiger partial charge < -0.3 is 29.9 Å². The van der Waals surface area contributed by atoms with Gasteiger partial charge in [0.15, 0.2) is 5.96 Å². The van der Waals surface area contributed by atoms with E-state index in [4.69, 9.17) is 9.47 Å². The number of benzene rings is 1. The van der Waals surface area contributed by atoms with E-state index in [1.165, 1.54) is 38.2 Å². The van der Waals surface area contributed by atoms with Crippen molar-refractivity contribution in [2.75, 3.05) is 80.7 Å². The molecule has 0 amide bonds. The molecule has 2 saturated heterocycles. The van der Waals surface area contributed by atoms with Crippen LogP contribution in [0.2, 0.25) is 0 Å². The summed E-state index contributed by atoms with van der Waals surface area (Å²) in [5.41, 5.74) is 1.21. The highest BCUT2D eigenvalue weighted by Gasteiger charge is 2.23. The lowest BCUT2D eigenvalue weighted by molar-refractivity contribution is 0.273. The third-order valence-corrected chi connectivity index (χ3v) is 6.41. The van der Waals surface area contributed by atoms with Crippen LogP contribution in [0, 0.1) is 0 Å². The first-order valence-corrected chi connectivity index (χ1v) is 11.9. The smallest absolute Gasteiger partial charge is 0.191 e. The van der Waals surface area contributed by atoms with Crippen molar-refractivity contribution in [3.05, 3.63) is 23.8 Å². The Hall–Kier alpha value is -2.03. The summed E-state index contributed by atoms with van der Waals surface area (Å²) in [6, 6.07) is 6.51. The largest absolute Gasteiger partial charge is 0.497 e. The number of nitrogens with one attached hydrogen (secondary N) is 2. The molecule has 8 nitrogen and oxygen atoms in total. The Labute approximate surface area is 193 Å². The Kier molecular flexibility index (Phi) is 9.89. The van der Waals surface area contributed by atoms with Gasteiger partial charge in [0.1, 0.15) is 11.5 Å². The van der Waals surface area contributed by atoms with E-state index in [2.05, 4.69) is 49.5 Å². The van der Waals surface area contributed by atoms with Gasteiger partial charge in [0.25, 0.3) is 0 Å². The van der Waals surface area contributed by atoms with Crippen molar-refractivity contribution >= 4 is 5.96 Å². The molecule has 3 rings (SSSR count). The SMILES string of the molecule is CN=C(NCCCN1CCCN(C)CC1)NC1CCN(Cc2cc(OC)cc(OC)c2)C1. The fourth-order valence-corrected chi connectivity index (χ4v) is 4.53. The monoisotopic (exact) mass is 446 g/mol. The lowest BCUT2D eigenvalue weighted by Gasteiger charge is -2.21. The summed E-state index contributed by atoms with van der Waals surface area (Å²) in [6.45, 7) is 9.86. The molecule has 0 saturated carbocycles. The molecule has 2 fully saturated rings. The van der Waals surface area contributed by atoms with Crippen LogP contribution in [0.15, 0.2) is 23.2 Å². The second-order valence-corrected chi connectivity index (χ2v) is 8.94. The van der Waals surface area contributed by atoms with E-state index in [0.717, 1.165) is 63.0 Å². The third-order valence-electron chi connectivity index (χ3n) is 6.41. The summed E-state index contributed by atoms with van der Waals surface area (Å²) in [5, 5.41) is 7.11. The van der Waals surface area contributed by atoms with Crippen molar-refractivity contribution in [3.8, 4) is 11.5 Å². The molecule has 32 heavy (non-hydrogen) atoms. The Bertz CT molecular complexity index is 706. The van der Waals surface area contributed by atoms with Crippen molar-refractivity contribution in [2.24, 2.45) is 4.99 Å². The maximum Gasteiger partial charge on any atom is 0.191 e. The first-order chi connectivity index (χ1) is 15.6. The molecule has 180 valence electrons. The zero-order chi connectivity index (χ0) is 22.8. The molecule has 1 atom stereocenters. The van der Waals surface area contributed by atoms with Gasteiger partial charge in [0.2, 0.25) is 0 Å². The normalized spacial score (nSPS) is 21.4. The van der Waals surface area contributed by atoms with Gasteiger partial charge in [-0.15, -0.1) is 0 Å². The summed E-state index contributed by atoms with van der Waals surface area (Å²) >= 11 is 0. The molecule has 0 radical (unpaired) electrons. The third kappa shape index (κ3) is 7.83. The molecule has 2 aliphatic rings. The Morgan fingerprint density at radius 2 is 1.81 bits per heavy atom. The van der Waals surface area contributed by atoms with E-state index in [-0.39, 0.29) is 0 Å². The summed E-state index contributed by atoms with van der Waals surface area (Å²) in [6.07, 6.45) is 3.52. The van der Waals surface area contributed by atoms with Crippen LogP contribution < -0.4 is 20.1 Å². The number of likely N-dealkylation sites (N-methyl/N-ethyl adjacent to an activating group) is 1. The Balaban J connectivity index is 1.37. The molecular formula is C24H42N6O2. The van der Waals surface area contributed by atoms with Crippen LogP contribution >= 0.6 is 0 Å². The van der Waals surface area contributed by atoms with Crippen molar-refractivity contribution in [1.82, 2.24) is 25.3 Å². The first-order valence-electron chi connectivity index (χ1n) is 11.9. The average Bonchev–Trinajstić information content (AvgIpc) is 3.13. The highest BCUT2D eigenvalue weighted by atomic mass is 16.5. The average molecular weight is 447 g/mol. The molecule has 2 heterocycles. The Morgan fingerprint density at radius 1 is 1.03 bits per heavy atom. The molecule has 2 N–H and O–H groups in total. The van der Waals surface area contributed by atoms with Crippen LogP contribution in [-0.2, 0) is 6.54 Å². The molecule has 0 aliphatic carbocycles. The standard InChI is InChI=1S/C24H42N6O2/c1-25-24(26-8-5-10-29-11-6-9-28(2)13-14-29)27-21-7-12-30(19-21)18-20-15-22(31-3)17-23(16-20)32-4/h15-17,21H,5-14,18-19H2,1-4H3,(H2,25,26,27). The number of likely N-dealkylation sites (tertiary alicyclic amines) is 1. The maximum absolute atomic E-state index is 5.41. The summed E-state index contributed by atoms with van der Waals surface area (Å²) in [7, 11) is 7.46. The van der Waals surface area contributed by atoms with Gasteiger partial charge >= 0.3 is 0 Å². The summed E-state index contributed by atoms with van der Waals surface area (Å²) in [5.74, 6) is 2.59. The topological polar surface area (TPSA) is 64.6 Å². The number of nitrogens with zero attached hydrogens (tertiary/aromatic N) is 4. The van der Waals surface area contributed by atoms with Crippen molar-refractivity contribution in [1.29, 1.82) is 0 Å². The Morgan fingerprint density at radius 3 is 2.53 bits per heavy atom. The van der Waals surface area contributed by atoms with E-state index in [1.807, 2.05) is 13.1 Å². The minimum atomic E-state index is 0.412.